The lowest BCUT2D eigenvalue weighted by atomic mass is 10.1. The average Bonchev–Trinajstić information content (AvgIpc) is 2.05. The summed E-state index contributed by atoms with van der Waals surface area (Å²) < 4.78 is 0. The smallest absolute Gasteiger partial charge is 0.0819 e. The fourth-order valence-corrected chi connectivity index (χ4v) is 1.06. The standard InChI is InChI=1S/C9H14N2O/c1-7(10)5-9(12)8-3-2-4-11-6-8/h2-4,6-7,9,12H,5,10H2,1H3. The first-order chi connectivity index (χ1) is 5.70. The molecule has 2 atom stereocenters. The van der Waals surface area contributed by atoms with Crippen molar-refractivity contribution in [3.63, 3.8) is 0 Å². The summed E-state index contributed by atoms with van der Waals surface area (Å²) in [6.45, 7) is 1.87. The molecular weight excluding hydrogens is 152 g/mol. The molecule has 2 unspecified atom stereocenters. The van der Waals surface area contributed by atoms with E-state index in [2.05, 4.69) is 4.98 Å². The number of rotatable bonds is 3. The molecule has 0 amide bonds. The van der Waals surface area contributed by atoms with Gasteiger partial charge in [0.1, 0.15) is 0 Å². The van der Waals surface area contributed by atoms with Gasteiger partial charge in [0.2, 0.25) is 0 Å². The van der Waals surface area contributed by atoms with Gasteiger partial charge in [0, 0.05) is 18.4 Å². The fraction of sp³-hybridized carbons (Fsp3) is 0.444. The van der Waals surface area contributed by atoms with Gasteiger partial charge in [-0.3, -0.25) is 4.98 Å². The molecule has 1 heterocycles. The fourth-order valence-electron chi connectivity index (χ4n) is 1.06. The van der Waals surface area contributed by atoms with Crippen molar-refractivity contribution in [1.82, 2.24) is 4.98 Å². The highest BCUT2D eigenvalue weighted by Crippen LogP contribution is 2.15. The van der Waals surface area contributed by atoms with E-state index in [1.54, 1.807) is 18.5 Å². The Morgan fingerprint density at radius 3 is 2.92 bits per heavy atom. The van der Waals surface area contributed by atoms with Crippen molar-refractivity contribution >= 4 is 0 Å². The molecule has 3 nitrogen and oxygen atoms in total. The van der Waals surface area contributed by atoms with Gasteiger partial charge < -0.3 is 10.8 Å². The number of hydrogen-bond donors (Lipinski definition) is 2. The summed E-state index contributed by atoms with van der Waals surface area (Å²) in [5.41, 5.74) is 6.38. The van der Waals surface area contributed by atoms with Crippen LogP contribution in [-0.4, -0.2) is 16.1 Å². The summed E-state index contributed by atoms with van der Waals surface area (Å²) in [5.74, 6) is 0. The monoisotopic (exact) mass is 166 g/mol. The lowest BCUT2D eigenvalue weighted by molar-refractivity contribution is 0.160. The largest absolute Gasteiger partial charge is 0.388 e. The van der Waals surface area contributed by atoms with Gasteiger partial charge in [-0.25, -0.2) is 0 Å². The molecule has 0 aromatic carbocycles. The van der Waals surface area contributed by atoms with Gasteiger partial charge in [0.15, 0.2) is 0 Å². The van der Waals surface area contributed by atoms with E-state index in [1.807, 2.05) is 13.0 Å². The Kier molecular flexibility index (Phi) is 3.19. The Hall–Kier alpha value is -0.930. The van der Waals surface area contributed by atoms with Gasteiger partial charge in [-0.15, -0.1) is 0 Å². The van der Waals surface area contributed by atoms with Crippen LogP contribution in [0.4, 0.5) is 0 Å². The SMILES string of the molecule is CC(N)CC(O)c1cccnc1. The Balaban J connectivity index is 2.59. The number of pyridine rings is 1. The third-order valence-corrected chi connectivity index (χ3v) is 1.66. The first-order valence-corrected chi connectivity index (χ1v) is 4.03. The molecule has 0 aliphatic carbocycles. The predicted octanol–water partition coefficient (Wildman–Crippen LogP) is 0.852. The number of aromatic nitrogens is 1. The molecule has 0 aliphatic heterocycles. The molecule has 1 aromatic heterocycles. The summed E-state index contributed by atoms with van der Waals surface area (Å²) in [5, 5.41) is 9.57. The normalized spacial score (nSPS) is 15.6. The zero-order chi connectivity index (χ0) is 8.97. The molecule has 66 valence electrons. The van der Waals surface area contributed by atoms with Crippen LogP contribution in [0.1, 0.15) is 25.0 Å². The van der Waals surface area contributed by atoms with Crippen LogP contribution in [0.3, 0.4) is 0 Å². The van der Waals surface area contributed by atoms with Crippen LogP contribution in [0.2, 0.25) is 0 Å². The maximum atomic E-state index is 9.57. The van der Waals surface area contributed by atoms with E-state index < -0.39 is 6.10 Å². The molecule has 1 aromatic rings. The van der Waals surface area contributed by atoms with Gasteiger partial charge in [-0.2, -0.15) is 0 Å². The topological polar surface area (TPSA) is 59.1 Å². The van der Waals surface area contributed by atoms with Gasteiger partial charge in [-0.1, -0.05) is 6.07 Å². The van der Waals surface area contributed by atoms with E-state index in [4.69, 9.17) is 5.73 Å². The zero-order valence-corrected chi connectivity index (χ0v) is 7.14. The Labute approximate surface area is 72.2 Å². The second-order valence-electron chi connectivity index (χ2n) is 3.02. The minimum absolute atomic E-state index is 0.0141. The van der Waals surface area contributed by atoms with Crippen LogP contribution in [0.5, 0.6) is 0 Å². The molecule has 1 rings (SSSR count). The van der Waals surface area contributed by atoms with Crippen LogP contribution < -0.4 is 5.73 Å². The minimum Gasteiger partial charge on any atom is -0.388 e. The quantitative estimate of drug-likeness (QED) is 0.700. The number of nitrogens with zero attached hydrogens (tertiary/aromatic N) is 1. The van der Waals surface area contributed by atoms with Crippen LogP contribution in [0.25, 0.3) is 0 Å². The molecule has 0 saturated carbocycles. The van der Waals surface area contributed by atoms with Crippen molar-refractivity contribution in [2.75, 3.05) is 0 Å². The lowest BCUT2D eigenvalue weighted by Gasteiger charge is -2.12. The summed E-state index contributed by atoms with van der Waals surface area (Å²) in [4.78, 5) is 3.91. The van der Waals surface area contributed by atoms with Crippen LogP contribution in [0, 0.1) is 0 Å². The number of hydrogen-bond acceptors (Lipinski definition) is 3. The lowest BCUT2D eigenvalue weighted by Crippen LogP contribution is -2.18. The van der Waals surface area contributed by atoms with Gasteiger partial charge in [0.25, 0.3) is 0 Å². The van der Waals surface area contributed by atoms with Crippen molar-refractivity contribution in [2.24, 2.45) is 5.73 Å². The first-order valence-electron chi connectivity index (χ1n) is 4.03. The third kappa shape index (κ3) is 2.60. The zero-order valence-electron chi connectivity index (χ0n) is 7.14. The van der Waals surface area contributed by atoms with E-state index in [9.17, 15) is 5.11 Å². The van der Waals surface area contributed by atoms with E-state index in [0.717, 1.165) is 5.56 Å². The number of aliphatic hydroxyl groups is 1. The van der Waals surface area contributed by atoms with Gasteiger partial charge in [0.05, 0.1) is 6.10 Å². The average molecular weight is 166 g/mol. The molecule has 0 radical (unpaired) electrons. The van der Waals surface area contributed by atoms with Crippen LogP contribution >= 0.6 is 0 Å². The summed E-state index contributed by atoms with van der Waals surface area (Å²) in [6, 6.07) is 3.67. The molecule has 0 aliphatic rings. The van der Waals surface area contributed by atoms with Crippen molar-refractivity contribution in [1.29, 1.82) is 0 Å². The van der Waals surface area contributed by atoms with Crippen molar-refractivity contribution < 1.29 is 5.11 Å². The number of aliphatic hydroxyl groups excluding tert-OH is 1. The van der Waals surface area contributed by atoms with E-state index >= 15 is 0 Å². The highest BCUT2D eigenvalue weighted by Gasteiger charge is 2.08. The second-order valence-corrected chi connectivity index (χ2v) is 3.02. The van der Waals surface area contributed by atoms with E-state index in [1.165, 1.54) is 0 Å². The summed E-state index contributed by atoms with van der Waals surface area (Å²) >= 11 is 0. The molecule has 0 saturated heterocycles. The first kappa shape index (κ1) is 9.16. The van der Waals surface area contributed by atoms with E-state index in [0.29, 0.717) is 6.42 Å². The van der Waals surface area contributed by atoms with Gasteiger partial charge >= 0.3 is 0 Å². The highest BCUT2D eigenvalue weighted by molar-refractivity contribution is 5.11. The Bertz CT molecular complexity index is 223. The molecule has 12 heavy (non-hydrogen) atoms. The van der Waals surface area contributed by atoms with Crippen LogP contribution in [0.15, 0.2) is 24.5 Å². The number of nitrogens with two attached hydrogens (primary N) is 1. The van der Waals surface area contributed by atoms with Crippen molar-refractivity contribution in [3.05, 3.63) is 30.1 Å². The molecule has 0 bridgehead atoms. The maximum absolute atomic E-state index is 9.57. The van der Waals surface area contributed by atoms with Gasteiger partial charge in [-0.05, 0) is 25.0 Å². The second kappa shape index (κ2) is 4.18. The Morgan fingerprint density at radius 2 is 2.42 bits per heavy atom. The third-order valence-electron chi connectivity index (χ3n) is 1.66. The molecule has 3 N–H and O–H groups in total. The highest BCUT2D eigenvalue weighted by atomic mass is 16.3. The summed E-state index contributed by atoms with van der Waals surface area (Å²) in [6.07, 6.45) is 3.43. The molecule has 0 spiro atoms. The molecule has 3 heteroatoms. The maximum Gasteiger partial charge on any atom is 0.0819 e. The molecular formula is C9H14N2O. The van der Waals surface area contributed by atoms with Crippen molar-refractivity contribution in [3.8, 4) is 0 Å². The van der Waals surface area contributed by atoms with E-state index in [-0.39, 0.29) is 6.04 Å². The molecule has 0 fully saturated rings. The minimum atomic E-state index is -0.487. The predicted molar refractivity (Wildman–Crippen MR) is 47.5 cm³/mol. The Morgan fingerprint density at radius 1 is 1.67 bits per heavy atom. The van der Waals surface area contributed by atoms with Crippen LogP contribution in [-0.2, 0) is 0 Å². The van der Waals surface area contributed by atoms with Crippen molar-refractivity contribution in [2.45, 2.75) is 25.5 Å². The summed E-state index contributed by atoms with van der Waals surface area (Å²) in [7, 11) is 0.